The van der Waals surface area contributed by atoms with Gasteiger partial charge < -0.3 is 9.88 Å². The van der Waals surface area contributed by atoms with Crippen LogP contribution in [0, 0.1) is 0 Å². The zero-order chi connectivity index (χ0) is 22.2. The van der Waals surface area contributed by atoms with Crippen molar-refractivity contribution in [2.75, 3.05) is 11.9 Å². The molecule has 1 atom stereocenters. The molecule has 1 aliphatic heterocycles. The summed E-state index contributed by atoms with van der Waals surface area (Å²) in [5.41, 5.74) is 4.27. The van der Waals surface area contributed by atoms with Crippen molar-refractivity contribution in [2.45, 2.75) is 52.2 Å². The highest BCUT2D eigenvalue weighted by atomic mass is 16.1. The summed E-state index contributed by atoms with van der Waals surface area (Å²) in [5.74, 6) is 0.957. The van der Waals surface area contributed by atoms with Gasteiger partial charge in [0.1, 0.15) is 5.82 Å². The van der Waals surface area contributed by atoms with E-state index in [1.807, 2.05) is 42.5 Å². The lowest BCUT2D eigenvalue weighted by Gasteiger charge is -2.22. The van der Waals surface area contributed by atoms with Gasteiger partial charge in [-0.25, -0.2) is 4.98 Å². The first-order chi connectivity index (χ1) is 15.5. The van der Waals surface area contributed by atoms with E-state index in [9.17, 15) is 4.79 Å². The van der Waals surface area contributed by atoms with Gasteiger partial charge in [0.25, 0.3) is 5.91 Å². The van der Waals surface area contributed by atoms with E-state index in [4.69, 9.17) is 4.98 Å². The van der Waals surface area contributed by atoms with Crippen LogP contribution in [0.2, 0.25) is 0 Å². The van der Waals surface area contributed by atoms with Crippen LogP contribution in [0.15, 0.2) is 54.7 Å². The van der Waals surface area contributed by atoms with Crippen LogP contribution < -0.4 is 5.32 Å². The minimum atomic E-state index is -0.135. The zero-order valence-electron chi connectivity index (χ0n) is 18.9. The maximum absolute atomic E-state index is 12.9. The van der Waals surface area contributed by atoms with Gasteiger partial charge in [0.05, 0.1) is 23.1 Å². The monoisotopic (exact) mass is 427 g/mol. The summed E-state index contributed by atoms with van der Waals surface area (Å²) < 4.78 is 2.32. The van der Waals surface area contributed by atoms with Crippen LogP contribution in [0.5, 0.6) is 0 Å². The fourth-order valence-corrected chi connectivity index (χ4v) is 4.74. The van der Waals surface area contributed by atoms with Crippen LogP contribution >= 0.6 is 0 Å². The minimum absolute atomic E-state index is 0.135. The van der Waals surface area contributed by atoms with Crippen molar-refractivity contribution in [3.05, 3.63) is 66.1 Å². The van der Waals surface area contributed by atoms with Crippen molar-refractivity contribution in [3.63, 3.8) is 0 Å². The molecular weight excluding hydrogens is 398 g/mol. The van der Waals surface area contributed by atoms with E-state index in [0.717, 1.165) is 46.5 Å². The van der Waals surface area contributed by atoms with Gasteiger partial charge in [0, 0.05) is 34.9 Å². The second kappa shape index (κ2) is 8.36. The average Bonchev–Trinajstić information content (AvgIpc) is 3.35. The first-order valence-electron chi connectivity index (χ1n) is 11.4. The van der Waals surface area contributed by atoms with E-state index < -0.39 is 0 Å². The number of fused-ring (bicyclic) bond motifs is 2. The van der Waals surface area contributed by atoms with Gasteiger partial charge in [0.15, 0.2) is 0 Å². The largest absolute Gasteiger partial charge is 0.324 e. The van der Waals surface area contributed by atoms with Crippen LogP contribution in [-0.2, 0) is 6.54 Å². The molecule has 0 radical (unpaired) electrons. The summed E-state index contributed by atoms with van der Waals surface area (Å²) >= 11 is 0. The van der Waals surface area contributed by atoms with Gasteiger partial charge in [-0.1, -0.05) is 6.07 Å². The van der Waals surface area contributed by atoms with Crippen LogP contribution in [0.4, 0.5) is 5.69 Å². The van der Waals surface area contributed by atoms with E-state index in [1.54, 1.807) is 6.20 Å². The number of benzene rings is 2. The average molecular weight is 428 g/mol. The number of hydrogen-bond donors (Lipinski definition) is 1. The fourth-order valence-electron chi connectivity index (χ4n) is 4.74. The molecule has 32 heavy (non-hydrogen) atoms. The van der Waals surface area contributed by atoms with Gasteiger partial charge in [0.2, 0.25) is 0 Å². The Labute approximate surface area is 188 Å². The van der Waals surface area contributed by atoms with Crippen LogP contribution in [-0.4, -0.2) is 37.9 Å². The Balaban J connectivity index is 1.42. The van der Waals surface area contributed by atoms with Crippen molar-refractivity contribution in [3.8, 4) is 0 Å². The molecular formula is C26H29N5O. The standard InChI is InChI=1S/C26H29N5O/c1-17(2)31-24-11-9-21(15-23(24)29-25(31)16-30-13-5-6-18(30)3)28-26(32)20-8-10-22-19(14-20)7-4-12-27-22/h4,7-12,14-15,17-18H,5-6,13,16H2,1-3H3,(H,28,32). The maximum atomic E-state index is 12.9. The fraction of sp³-hybridized carbons (Fsp3) is 0.346. The molecule has 1 fully saturated rings. The number of imidazole rings is 1. The number of anilines is 1. The molecule has 0 spiro atoms. The second-order valence-electron chi connectivity index (χ2n) is 9.02. The Morgan fingerprint density at radius 2 is 2.03 bits per heavy atom. The van der Waals surface area contributed by atoms with E-state index in [1.165, 1.54) is 12.8 Å². The molecule has 1 unspecified atom stereocenters. The van der Waals surface area contributed by atoms with Crippen LogP contribution in [0.1, 0.15) is 55.8 Å². The molecule has 4 aromatic rings. The van der Waals surface area contributed by atoms with E-state index in [-0.39, 0.29) is 5.91 Å². The van der Waals surface area contributed by atoms with Crippen molar-refractivity contribution in [1.82, 2.24) is 19.4 Å². The Morgan fingerprint density at radius 3 is 2.81 bits per heavy atom. The third kappa shape index (κ3) is 3.86. The van der Waals surface area contributed by atoms with Crippen molar-refractivity contribution >= 4 is 33.5 Å². The van der Waals surface area contributed by atoms with Crippen molar-refractivity contribution < 1.29 is 4.79 Å². The minimum Gasteiger partial charge on any atom is -0.324 e. The van der Waals surface area contributed by atoms with Crippen molar-refractivity contribution in [2.24, 2.45) is 0 Å². The Kier molecular flexibility index (Phi) is 5.39. The van der Waals surface area contributed by atoms with Gasteiger partial charge in [-0.15, -0.1) is 0 Å². The first kappa shape index (κ1) is 20.6. The summed E-state index contributed by atoms with van der Waals surface area (Å²) in [5, 5.41) is 3.99. The van der Waals surface area contributed by atoms with Gasteiger partial charge >= 0.3 is 0 Å². The van der Waals surface area contributed by atoms with E-state index >= 15 is 0 Å². The zero-order valence-corrected chi connectivity index (χ0v) is 18.9. The Hall–Kier alpha value is -3.25. The van der Waals surface area contributed by atoms with Crippen molar-refractivity contribution in [1.29, 1.82) is 0 Å². The SMILES string of the molecule is CC1CCCN1Cc1nc2cc(NC(=O)c3ccc4ncccc4c3)ccc2n1C(C)C. The molecule has 1 saturated heterocycles. The molecule has 2 aromatic heterocycles. The number of nitrogens with zero attached hydrogens (tertiary/aromatic N) is 4. The van der Waals surface area contributed by atoms with Gasteiger partial charge in [-0.2, -0.15) is 0 Å². The molecule has 0 bridgehead atoms. The highest BCUT2D eigenvalue weighted by molar-refractivity contribution is 6.06. The topological polar surface area (TPSA) is 63.1 Å². The van der Waals surface area contributed by atoms with Crippen LogP contribution in [0.3, 0.4) is 0 Å². The van der Waals surface area contributed by atoms with E-state index in [2.05, 4.69) is 46.6 Å². The molecule has 5 rings (SSSR count). The predicted molar refractivity (Wildman–Crippen MR) is 129 cm³/mol. The summed E-state index contributed by atoms with van der Waals surface area (Å²) in [6.45, 7) is 8.68. The molecule has 0 saturated carbocycles. The molecule has 1 N–H and O–H groups in total. The smallest absolute Gasteiger partial charge is 0.255 e. The maximum Gasteiger partial charge on any atom is 0.255 e. The normalized spacial score (nSPS) is 16.9. The third-order valence-corrected chi connectivity index (χ3v) is 6.44. The quantitative estimate of drug-likeness (QED) is 0.463. The first-order valence-corrected chi connectivity index (χ1v) is 11.4. The number of aromatic nitrogens is 3. The Morgan fingerprint density at radius 1 is 1.16 bits per heavy atom. The number of rotatable bonds is 5. The molecule has 0 aliphatic carbocycles. The van der Waals surface area contributed by atoms with E-state index in [0.29, 0.717) is 17.6 Å². The van der Waals surface area contributed by atoms with Gasteiger partial charge in [-0.3, -0.25) is 14.7 Å². The summed E-state index contributed by atoms with van der Waals surface area (Å²) in [6, 6.07) is 16.3. The lowest BCUT2D eigenvalue weighted by Crippen LogP contribution is -2.28. The molecule has 164 valence electrons. The molecule has 6 nitrogen and oxygen atoms in total. The Bertz CT molecular complexity index is 1290. The van der Waals surface area contributed by atoms with Gasteiger partial charge in [-0.05, 0) is 82.6 Å². The second-order valence-corrected chi connectivity index (χ2v) is 9.02. The molecule has 1 amide bonds. The number of hydrogen-bond acceptors (Lipinski definition) is 4. The highest BCUT2D eigenvalue weighted by Crippen LogP contribution is 2.27. The summed E-state index contributed by atoms with van der Waals surface area (Å²) in [4.78, 5) is 24.7. The molecule has 1 aliphatic rings. The highest BCUT2D eigenvalue weighted by Gasteiger charge is 2.23. The summed E-state index contributed by atoms with van der Waals surface area (Å²) in [7, 11) is 0. The number of carbonyl (C=O) groups excluding carboxylic acids is 1. The third-order valence-electron chi connectivity index (χ3n) is 6.44. The lowest BCUT2D eigenvalue weighted by atomic mass is 10.1. The molecule has 6 heteroatoms. The summed E-state index contributed by atoms with van der Waals surface area (Å²) in [6.07, 6.45) is 4.26. The molecule has 2 aromatic carbocycles. The number of carbonyl (C=O) groups is 1. The number of amides is 1. The van der Waals surface area contributed by atoms with Crippen LogP contribution in [0.25, 0.3) is 21.9 Å². The number of likely N-dealkylation sites (tertiary alicyclic amines) is 1. The molecule has 3 heterocycles. The lowest BCUT2D eigenvalue weighted by molar-refractivity contribution is 0.102. The number of nitrogens with one attached hydrogen (secondary N) is 1. The predicted octanol–water partition coefficient (Wildman–Crippen LogP) is 5.40. The number of pyridine rings is 1.